The molecule has 1 atom stereocenters. The number of hydrogen-bond donors (Lipinski definition) is 0. The van der Waals surface area contributed by atoms with Crippen molar-refractivity contribution >= 4 is 17.9 Å². The minimum Gasteiger partial charge on any atom is -0.462 e. The zero-order valence-electron chi connectivity index (χ0n) is 51.7. The average molecular weight is 1090 g/mol. The van der Waals surface area contributed by atoms with Gasteiger partial charge in [0.2, 0.25) is 0 Å². The summed E-state index contributed by atoms with van der Waals surface area (Å²) in [4.78, 5) is 38.1. The molecule has 6 nitrogen and oxygen atoms in total. The number of esters is 3. The van der Waals surface area contributed by atoms with Crippen LogP contribution in [-0.2, 0) is 28.6 Å². The van der Waals surface area contributed by atoms with Crippen LogP contribution in [0, 0.1) is 0 Å². The molecule has 0 aliphatic heterocycles. The smallest absolute Gasteiger partial charge is 0.306 e. The third kappa shape index (κ3) is 63.4. The van der Waals surface area contributed by atoms with Crippen molar-refractivity contribution in [3.05, 3.63) is 85.1 Å². The highest BCUT2D eigenvalue weighted by Gasteiger charge is 2.19. The molecule has 0 aromatic carbocycles. The number of carbonyl (C=O) groups excluding carboxylic acids is 3. The van der Waals surface area contributed by atoms with Crippen molar-refractivity contribution < 1.29 is 28.6 Å². The topological polar surface area (TPSA) is 78.9 Å². The Bertz CT molecular complexity index is 1480. The lowest BCUT2D eigenvalue weighted by Gasteiger charge is -2.18. The van der Waals surface area contributed by atoms with Gasteiger partial charge in [-0.05, 0) is 77.0 Å². The predicted molar refractivity (Wildman–Crippen MR) is 339 cm³/mol. The van der Waals surface area contributed by atoms with Gasteiger partial charge in [-0.1, -0.05) is 324 Å². The van der Waals surface area contributed by atoms with E-state index in [4.69, 9.17) is 14.2 Å². The van der Waals surface area contributed by atoms with E-state index in [1.807, 2.05) is 0 Å². The van der Waals surface area contributed by atoms with E-state index in [1.165, 1.54) is 193 Å². The Labute approximate surface area is 484 Å². The normalized spacial score (nSPS) is 12.6. The first-order chi connectivity index (χ1) is 38.5. The summed E-state index contributed by atoms with van der Waals surface area (Å²) < 4.78 is 16.9. The number of hydrogen-bond acceptors (Lipinski definition) is 6. The molecule has 1 unspecified atom stereocenters. The van der Waals surface area contributed by atoms with Crippen LogP contribution in [0.15, 0.2) is 85.1 Å². The minimum atomic E-state index is -0.770. The first-order valence-corrected chi connectivity index (χ1v) is 33.6. The Balaban J connectivity index is 4.03. The summed E-state index contributed by atoms with van der Waals surface area (Å²) in [6.45, 7) is 6.52. The molecule has 0 saturated heterocycles. The van der Waals surface area contributed by atoms with Gasteiger partial charge in [0, 0.05) is 19.3 Å². The molecule has 6 heteroatoms. The molecule has 0 rings (SSSR count). The van der Waals surface area contributed by atoms with Crippen LogP contribution in [0.3, 0.4) is 0 Å². The molecule has 0 spiro atoms. The van der Waals surface area contributed by atoms with Crippen molar-refractivity contribution in [2.45, 2.75) is 341 Å². The second kappa shape index (κ2) is 66.1. The lowest BCUT2D eigenvalue weighted by atomic mass is 10.0. The van der Waals surface area contributed by atoms with E-state index in [0.717, 1.165) is 103 Å². The molecule has 0 N–H and O–H groups in total. The van der Waals surface area contributed by atoms with Crippen molar-refractivity contribution in [3.8, 4) is 0 Å². The fourth-order valence-corrected chi connectivity index (χ4v) is 9.66. The maximum Gasteiger partial charge on any atom is 0.306 e. The maximum atomic E-state index is 12.9. The van der Waals surface area contributed by atoms with E-state index < -0.39 is 6.10 Å². The van der Waals surface area contributed by atoms with Crippen LogP contribution in [-0.4, -0.2) is 37.2 Å². The molecule has 0 fully saturated rings. The average Bonchev–Trinajstić information content (AvgIpc) is 3.44. The van der Waals surface area contributed by atoms with Gasteiger partial charge in [-0.2, -0.15) is 0 Å². The molecule has 0 aromatic heterocycles. The van der Waals surface area contributed by atoms with Crippen molar-refractivity contribution in [1.82, 2.24) is 0 Å². The number of unbranched alkanes of at least 4 members (excludes halogenated alkanes) is 36. The summed E-state index contributed by atoms with van der Waals surface area (Å²) in [5.41, 5.74) is 0. The van der Waals surface area contributed by atoms with E-state index in [-0.39, 0.29) is 31.1 Å². The van der Waals surface area contributed by atoms with Gasteiger partial charge in [-0.3, -0.25) is 14.4 Å². The summed E-state index contributed by atoms with van der Waals surface area (Å²) in [6, 6.07) is 0. The van der Waals surface area contributed by atoms with Crippen LogP contribution < -0.4 is 0 Å². The highest BCUT2D eigenvalue weighted by molar-refractivity contribution is 5.71. The van der Waals surface area contributed by atoms with E-state index >= 15 is 0 Å². The number of allylic oxidation sites excluding steroid dienone is 14. The van der Waals surface area contributed by atoms with Gasteiger partial charge in [0.1, 0.15) is 13.2 Å². The van der Waals surface area contributed by atoms with Crippen LogP contribution in [0.4, 0.5) is 0 Å². The monoisotopic (exact) mass is 1090 g/mol. The third-order valence-electron chi connectivity index (χ3n) is 14.7. The molecule has 0 aliphatic rings. The standard InChI is InChI=1S/C72H126O6/c1-4-7-10-13-16-18-20-22-24-26-28-29-30-31-32-33-34-35-36-37-38-39-40-41-42-43-44-46-47-49-51-53-56-59-62-65-71(74)77-68-69(67-76-70(73)64-61-58-55-15-12-9-6-3)78-72(75)66-63-60-57-54-52-50-48-45-27-25-23-21-19-17-14-11-8-5-2/h7,10,16,18,22,24,28-29,31-32,34-35,37-38,69H,4-6,8-9,11-15,17,19-21,23,25-27,30,33,36,39-68H2,1-3H3/b10-7-,18-16-,24-22-,29-28-,32-31-,35-34-,38-37-. The Morgan fingerprint density at radius 1 is 0.269 bits per heavy atom. The lowest BCUT2D eigenvalue weighted by Crippen LogP contribution is -2.30. The van der Waals surface area contributed by atoms with Crippen LogP contribution in [0.25, 0.3) is 0 Å². The van der Waals surface area contributed by atoms with Crippen LogP contribution in [0.5, 0.6) is 0 Å². The Kier molecular flexibility index (Phi) is 63.2. The molecule has 450 valence electrons. The van der Waals surface area contributed by atoms with E-state index in [2.05, 4.69) is 106 Å². The van der Waals surface area contributed by atoms with Crippen LogP contribution >= 0.6 is 0 Å². The quantitative estimate of drug-likeness (QED) is 0.0261. The predicted octanol–water partition coefficient (Wildman–Crippen LogP) is 23.1. The molecule has 0 amide bonds. The highest BCUT2D eigenvalue weighted by Crippen LogP contribution is 2.17. The second-order valence-electron chi connectivity index (χ2n) is 22.4. The van der Waals surface area contributed by atoms with E-state index in [9.17, 15) is 14.4 Å². The fourth-order valence-electron chi connectivity index (χ4n) is 9.66. The zero-order valence-corrected chi connectivity index (χ0v) is 51.7. The molecule has 0 saturated carbocycles. The second-order valence-corrected chi connectivity index (χ2v) is 22.4. The molecule has 0 bridgehead atoms. The number of rotatable bonds is 61. The van der Waals surface area contributed by atoms with Crippen molar-refractivity contribution in [2.75, 3.05) is 13.2 Å². The van der Waals surface area contributed by atoms with Crippen LogP contribution in [0.2, 0.25) is 0 Å². The van der Waals surface area contributed by atoms with Crippen molar-refractivity contribution in [1.29, 1.82) is 0 Å². The molecule has 78 heavy (non-hydrogen) atoms. The molecular weight excluding hydrogens is 961 g/mol. The largest absolute Gasteiger partial charge is 0.462 e. The van der Waals surface area contributed by atoms with Gasteiger partial charge in [0.25, 0.3) is 0 Å². The molecular formula is C72H126O6. The highest BCUT2D eigenvalue weighted by atomic mass is 16.6. The minimum absolute atomic E-state index is 0.0708. The summed E-state index contributed by atoms with van der Waals surface area (Å²) in [5, 5.41) is 0. The molecule has 0 radical (unpaired) electrons. The van der Waals surface area contributed by atoms with Gasteiger partial charge in [-0.15, -0.1) is 0 Å². The number of carbonyl (C=O) groups is 3. The first kappa shape index (κ1) is 74.6. The Morgan fingerprint density at radius 3 is 0.782 bits per heavy atom. The summed E-state index contributed by atoms with van der Waals surface area (Å²) in [6.07, 6.45) is 87.7. The van der Waals surface area contributed by atoms with E-state index in [0.29, 0.717) is 19.3 Å². The molecule has 0 heterocycles. The van der Waals surface area contributed by atoms with Gasteiger partial charge in [0.05, 0.1) is 0 Å². The maximum absolute atomic E-state index is 12.9. The Morgan fingerprint density at radius 2 is 0.500 bits per heavy atom. The SMILES string of the molecule is CC/C=C\C/C=C\C/C=C\C/C=C\C/C=C\C/C=C\C/C=C\CCCCCCCCCCCCCCCC(=O)OCC(COC(=O)CCCCCCCCC)OC(=O)CCCCCCCCCCCCCCCCCCCC. The Hall–Kier alpha value is -3.41. The van der Waals surface area contributed by atoms with Crippen molar-refractivity contribution in [2.24, 2.45) is 0 Å². The summed E-state index contributed by atoms with van der Waals surface area (Å²) >= 11 is 0. The number of ether oxygens (including phenoxy) is 3. The van der Waals surface area contributed by atoms with Gasteiger partial charge >= 0.3 is 17.9 Å². The van der Waals surface area contributed by atoms with Gasteiger partial charge in [-0.25, -0.2) is 0 Å². The molecule has 0 aromatic rings. The van der Waals surface area contributed by atoms with Gasteiger partial charge in [0.15, 0.2) is 6.10 Å². The fraction of sp³-hybridized carbons (Fsp3) is 0.764. The third-order valence-corrected chi connectivity index (χ3v) is 14.7. The van der Waals surface area contributed by atoms with Crippen LogP contribution in [0.1, 0.15) is 335 Å². The van der Waals surface area contributed by atoms with E-state index in [1.54, 1.807) is 0 Å². The zero-order chi connectivity index (χ0) is 56.4. The van der Waals surface area contributed by atoms with Gasteiger partial charge < -0.3 is 14.2 Å². The first-order valence-electron chi connectivity index (χ1n) is 33.6. The van der Waals surface area contributed by atoms with Crippen molar-refractivity contribution in [3.63, 3.8) is 0 Å². The molecule has 0 aliphatic carbocycles. The lowest BCUT2D eigenvalue weighted by molar-refractivity contribution is -0.167. The summed E-state index contributed by atoms with van der Waals surface area (Å²) in [7, 11) is 0. The summed E-state index contributed by atoms with van der Waals surface area (Å²) in [5.74, 6) is -0.862.